The van der Waals surface area contributed by atoms with Crippen LogP contribution in [0.15, 0.2) is 54.9 Å². The van der Waals surface area contributed by atoms with Gasteiger partial charge in [0.05, 0.1) is 28.3 Å². The van der Waals surface area contributed by atoms with Gasteiger partial charge in [0.15, 0.2) is 9.84 Å². The Morgan fingerprint density at radius 1 is 0.943 bits per heavy atom. The molecule has 12 nitrogen and oxygen atoms in total. The second-order valence-electron chi connectivity index (χ2n) is 16.7. The van der Waals surface area contributed by atoms with Crippen molar-refractivity contribution in [3.63, 3.8) is 0 Å². The lowest BCUT2D eigenvalue weighted by Crippen LogP contribution is -2.64. The Bertz CT molecular complexity index is 1680. The fourth-order valence-corrected chi connectivity index (χ4v) is 7.87. The Balaban J connectivity index is 1.76. The summed E-state index contributed by atoms with van der Waals surface area (Å²) in [5.41, 5.74) is 0.542. The van der Waals surface area contributed by atoms with Crippen LogP contribution in [-0.2, 0) is 35.4 Å². The number of carbonyl (C=O) groups is 4. The van der Waals surface area contributed by atoms with E-state index >= 15 is 0 Å². The SMILES string of the molecule is CC(C)C(=O)OC(CN1C[C@H]2CCCC[C@H]2CC1C(=O)NC(C)(C)C)C(Cc1ccccc1)NC(=O)[C@@H](NC(=O)c1cccnc1)C(C)(C)S(C)(=O)=O. The van der Waals surface area contributed by atoms with Crippen molar-refractivity contribution in [2.24, 2.45) is 17.8 Å². The maximum absolute atomic E-state index is 14.5. The van der Waals surface area contributed by atoms with E-state index in [2.05, 4.69) is 25.8 Å². The van der Waals surface area contributed by atoms with Gasteiger partial charge < -0.3 is 20.7 Å². The number of likely N-dealkylation sites (tertiary alicyclic amines) is 1. The van der Waals surface area contributed by atoms with Gasteiger partial charge in [-0.2, -0.15) is 0 Å². The Hall–Kier alpha value is -3.84. The molecule has 2 fully saturated rings. The van der Waals surface area contributed by atoms with Gasteiger partial charge in [-0.15, -0.1) is 0 Å². The summed E-state index contributed by atoms with van der Waals surface area (Å²) in [5.74, 6) is -1.66. The monoisotopic (exact) mass is 753 g/mol. The average Bonchev–Trinajstić information content (AvgIpc) is 3.08. The second-order valence-corrected chi connectivity index (χ2v) is 19.3. The largest absolute Gasteiger partial charge is 0.459 e. The molecule has 0 bridgehead atoms. The molecule has 13 heteroatoms. The number of pyridine rings is 1. The number of nitrogens with zero attached hydrogens (tertiary/aromatic N) is 2. The topological polar surface area (TPSA) is 164 Å². The van der Waals surface area contributed by atoms with Crippen LogP contribution in [0.4, 0.5) is 0 Å². The average molecular weight is 754 g/mol. The lowest BCUT2D eigenvalue weighted by atomic mass is 9.72. The number of fused-ring (bicyclic) bond motifs is 1. The number of hydrogen-bond donors (Lipinski definition) is 3. The van der Waals surface area contributed by atoms with Crippen molar-refractivity contribution in [3.8, 4) is 0 Å². The van der Waals surface area contributed by atoms with E-state index in [1.807, 2.05) is 51.1 Å². The van der Waals surface area contributed by atoms with E-state index in [-0.39, 0.29) is 24.4 Å². The quantitative estimate of drug-likeness (QED) is 0.241. The highest BCUT2D eigenvalue weighted by atomic mass is 32.2. The van der Waals surface area contributed by atoms with Crippen LogP contribution >= 0.6 is 0 Å². The van der Waals surface area contributed by atoms with Gasteiger partial charge in [0.1, 0.15) is 12.1 Å². The zero-order valence-electron chi connectivity index (χ0n) is 32.6. The first-order valence-electron chi connectivity index (χ1n) is 18.8. The third-order valence-corrected chi connectivity index (χ3v) is 12.8. The van der Waals surface area contributed by atoms with Crippen molar-refractivity contribution in [2.75, 3.05) is 19.3 Å². The molecule has 292 valence electrons. The summed E-state index contributed by atoms with van der Waals surface area (Å²) in [4.78, 5) is 61.4. The summed E-state index contributed by atoms with van der Waals surface area (Å²) in [6, 6.07) is 9.62. The summed E-state index contributed by atoms with van der Waals surface area (Å²) < 4.78 is 30.9. The molecule has 0 radical (unpaired) electrons. The summed E-state index contributed by atoms with van der Waals surface area (Å²) in [6.07, 6.45) is 8.20. The Kier molecular flexibility index (Phi) is 13.9. The number of benzene rings is 1. The highest BCUT2D eigenvalue weighted by Crippen LogP contribution is 2.39. The Labute approximate surface area is 315 Å². The number of aromatic nitrogens is 1. The summed E-state index contributed by atoms with van der Waals surface area (Å²) >= 11 is 0. The first kappa shape index (κ1) is 41.9. The maximum Gasteiger partial charge on any atom is 0.308 e. The number of rotatable bonds is 14. The van der Waals surface area contributed by atoms with Gasteiger partial charge in [0, 0.05) is 37.3 Å². The van der Waals surface area contributed by atoms with Crippen LogP contribution in [0.25, 0.3) is 0 Å². The highest BCUT2D eigenvalue weighted by molar-refractivity contribution is 7.92. The fourth-order valence-electron chi connectivity index (χ4n) is 7.28. The van der Waals surface area contributed by atoms with Gasteiger partial charge in [-0.3, -0.25) is 29.1 Å². The van der Waals surface area contributed by atoms with Crippen molar-refractivity contribution in [1.82, 2.24) is 25.8 Å². The molecule has 3 unspecified atom stereocenters. The van der Waals surface area contributed by atoms with Gasteiger partial charge in [0.25, 0.3) is 5.91 Å². The molecule has 53 heavy (non-hydrogen) atoms. The van der Waals surface area contributed by atoms with E-state index in [1.165, 1.54) is 32.3 Å². The van der Waals surface area contributed by atoms with Crippen LogP contribution in [0, 0.1) is 17.8 Å². The number of hydrogen-bond acceptors (Lipinski definition) is 9. The van der Waals surface area contributed by atoms with Crippen LogP contribution in [-0.4, -0.2) is 95.9 Å². The van der Waals surface area contributed by atoms with Crippen molar-refractivity contribution in [2.45, 2.75) is 122 Å². The molecule has 2 aliphatic rings. The number of piperidine rings is 1. The second kappa shape index (κ2) is 17.5. The Morgan fingerprint density at radius 2 is 1.60 bits per heavy atom. The molecule has 4 rings (SSSR count). The van der Waals surface area contributed by atoms with E-state index < -0.39 is 68.1 Å². The first-order valence-corrected chi connectivity index (χ1v) is 20.7. The van der Waals surface area contributed by atoms with Crippen molar-refractivity contribution >= 4 is 33.5 Å². The minimum Gasteiger partial charge on any atom is -0.459 e. The lowest BCUT2D eigenvalue weighted by Gasteiger charge is -2.47. The molecule has 1 saturated heterocycles. The van der Waals surface area contributed by atoms with E-state index in [4.69, 9.17) is 4.74 Å². The molecule has 2 aromatic rings. The molecule has 2 heterocycles. The van der Waals surface area contributed by atoms with Gasteiger partial charge in [-0.1, -0.05) is 63.4 Å². The van der Waals surface area contributed by atoms with Crippen molar-refractivity contribution in [1.29, 1.82) is 0 Å². The van der Waals surface area contributed by atoms with Crippen LogP contribution in [0.3, 0.4) is 0 Å². The van der Waals surface area contributed by atoms with Gasteiger partial charge in [-0.25, -0.2) is 8.42 Å². The molecule has 1 aromatic carbocycles. The normalized spacial score (nSPS) is 21.4. The van der Waals surface area contributed by atoms with Crippen molar-refractivity contribution < 1.29 is 32.3 Å². The number of amides is 3. The van der Waals surface area contributed by atoms with E-state index in [0.29, 0.717) is 24.8 Å². The maximum atomic E-state index is 14.5. The summed E-state index contributed by atoms with van der Waals surface area (Å²) in [7, 11) is -3.91. The van der Waals surface area contributed by atoms with Gasteiger partial charge in [-0.05, 0) is 83.4 Å². The molecule has 3 N–H and O–H groups in total. The van der Waals surface area contributed by atoms with Gasteiger partial charge in [0.2, 0.25) is 11.8 Å². The minimum absolute atomic E-state index is 0.0906. The van der Waals surface area contributed by atoms with E-state index in [1.54, 1.807) is 19.9 Å². The molecule has 1 aliphatic heterocycles. The van der Waals surface area contributed by atoms with Crippen molar-refractivity contribution in [3.05, 3.63) is 66.0 Å². The Morgan fingerprint density at radius 3 is 2.19 bits per heavy atom. The van der Waals surface area contributed by atoms with Crippen LogP contribution < -0.4 is 16.0 Å². The zero-order valence-corrected chi connectivity index (χ0v) is 33.4. The van der Waals surface area contributed by atoms with E-state index in [9.17, 15) is 27.6 Å². The highest BCUT2D eigenvalue weighted by Gasteiger charge is 2.47. The molecular weight excluding hydrogens is 695 g/mol. The third kappa shape index (κ3) is 11.3. The number of sulfone groups is 1. The summed E-state index contributed by atoms with van der Waals surface area (Å²) in [5, 5.41) is 8.86. The minimum atomic E-state index is -3.91. The molecule has 1 aromatic heterocycles. The van der Waals surface area contributed by atoms with Gasteiger partial charge >= 0.3 is 5.97 Å². The number of nitrogens with one attached hydrogen (secondary N) is 3. The lowest BCUT2D eigenvalue weighted by molar-refractivity contribution is -0.158. The van der Waals surface area contributed by atoms with Crippen LogP contribution in [0.2, 0.25) is 0 Å². The predicted molar refractivity (Wildman–Crippen MR) is 205 cm³/mol. The summed E-state index contributed by atoms with van der Waals surface area (Å²) in [6.45, 7) is 12.9. The molecule has 3 amide bonds. The molecule has 0 spiro atoms. The molecule has 6 atom stereocenters. The number of esters is 1. The predicted octanol–water partition coefficient (Wildman–Crippen LogP) is 4.09. The zero-order chi connectivity index (χ0) is 39.1. The molecule has 1 aliphatic carbocycles. The number of carbonyl (C=O) groups excluding carboxylic acids is 4. The molecule has 1 saturated carbocycles. The number of ether oxygens (including phenoxy) is 1. The standard InChI is InChI=1S/C40H59N5O7S/c1-26(2)38(49)52-33(25-45-24-30-18-13-12-17-28(30)22-32(45)36(47)44-39(3,4)5)31(21-27-15-10-9-11-16-27)42-37(48)34(40(6,7)53(8,50)51)43-35(46)29-19-14-20-41-23-29/h9-11,14-16,19-20,23,26,28,30-34H,12-13,17-18,21-22,24-25H2,1-8H3,(H,42,48)(H,43,46)(H,44,47)/t28-,30+,31?,32?,33?,34+/m0/s1. The van der Waals surface area contributed by atoms with E-state index in [0.717, 1.165) is 37.5 Å². The third-order valence-electron chi connectivity index (χ3n) is 10.6. The fraction of sp³-hybridized carbons (Fsp3) is 0.625. The van der Waals surface area contributed by atoms with Crippen LogP contribution in [0.1, 0.15) is 96.5 Å². The first-order chi connectivity index (χ1) is 24.8. The van der Waals surface area contributed by atoms with Crippen LogP contribution in [0.5, 0.6) is 0 Å². The smallest absolute Gasteiger partial charge is 0.308 e. The molecular formula is C40H59N5O7S.